The molecule has 1 heterocycles. The van der Waals surface area contributed by atoms with Crippen LogP contribution in [0, 0.1) is 5.41 Å². The Balaban J connectivity index is 0.00000116. The third-order valence-electron chi connectivity index (χ3n) is 3.42. The molecule has 0 fully saturated rings. The van der Waals surface area contributed by atoms with Crippen LogP contribution in [0.25, 0.3) is 0 Å². The molecule has 0 aliphatic carbocycles. The predicted octanol–water partition coefficient (Wildman–Crippen LogP) is 5.03. The number of rotatable bonds is 0. The average Bonchev–Trinajstić information content (AvgIpc) is 2.53. The third kappa shape index (κ3) is 5.36. The molecule has 0 N–H and O–H groups in total. The Morgan fingerprint density at radius 2 is 1.68 bits per heavy atom. The van der Waals surface area contributed by atoms with Crippen LogP contribution >= 0.6 is 0 Å². The van der Waals surface area contributed by atoms with Crippen LogP contribution in [-0.2, 0) is 17.7 Å². The van der Waals surface area contributed by atoms with Crippen molar-refractivity contribution >= 4 is 6.09 Å². The van der Waals surface area contributed by atoms with E-state index in [2.05, 4.69) is 32.0 Å². The van der Waals surface area contributed by atoms with E-state index in [4.69, 9.17) is 4.74 Å². The van der Waals surface area contributed by atoms with Gasteiger partial charge in [0.25, 0.3) is 0 Å². The molecular formula is C19H31NO2. The molecule has 1 amide bonds. The molecule has 124 valence electrons. The summed E-state index contributed by atoms with van der Waals surface area (Å²) in [5.74, 6) is 0. The second kappa shape index (κ2) is 7.17. The van der Waals surface area contributed by atoms with Crippen LogP contribution in [-0.4, -0.2) is 23.1 Å². The summed E-state index contributed by atoms with van der Waals surface area (Å²) in [6.07, 6.45) is 0.768. The molecule has 0 unspecified atom stereocenters. The Kier molecular flexibility index (Phi) is 6.04. The van der Waals surface area contributed by atoms with Crippen LogP contribution in [0.4, 0.5) is 4.79 Å². The number of fused-ring (bicyclic) bond motifs is 1. The second-order valence-electron chi connectivity index (χ2n) is 7.45. The van der Waals surface area contributed by atoms with Crippen molar-refractivity contribution in [3.8, 4) is 0 Å². The van der Waals surface area contributed by atoms with Gasteiger partial charge in [-0.15, -0.1) is 0 Å². The van der Waals surface area contributed by atoms with Crippen molar-refractivity contribution in [2.45, 2.75) is 67.0 Å². The third-order valence-corrected chi connectivity index (χ3v) is 3.42. The molecule has 0 saturated heterocycles. The number of hydrogen-bond donors (Lipinski definition) is 0. The summed E-state index contributed by atoms with van der Waals surface area (Å²) in [7, 11) is 0. The summed E-state index contributed by atoms with van der Waals surface area (Å²) in [6.45, 7) is 15.5. The minimum Gasteiger partial charge on any atom is -0.444 e. The predicted molar refractivity (Wildman–Crippen MR) is 91.9 cm³/mol. The highest BCUT2D eigenvalue weighted by molar-refractivity contribution is 5.68. The van der Waals surface area contributed by atoms with Gasteiger partial charge < -0.3 is 9.64 Å². The van der Waals surface area contributed by atoms with Gasteiger partial charge in [-0.05, 0) is 43.7 Å². The topological polar surface area (TPSA) is 29.5 Å². The van der Waals surface area contributed by atoms with E-state index < -0.39 is 5.60 Å². The van der Waals surface area contributed by atoms with E-state index in [0.29, 0.717) is 6.54 Å². The van der Waals surface area contributed by atoms with E-state index >= 15 is 0 Å². The first-order chi connectivity index (χ1) is 10.2. The van der Waals surface area contributed by atoms with Crippen LogP contribution in [0.3, 0.4) is 0 Å². The molecular weight excluding hydrogens is 274 g/mol. The summed E-state index contributed by atoms with van der Waals surface area (Å²) in [5, 5.41) is 0. The number of hydrogen-bond acceptors (Lipinski definition) is 2. The highest BCUT2D eigenvalue weighted by atomic mass is 16.6. The second-order valence-corrected chi connectivity index (χ2v) is 7.45. The van der Waals surface area contributed by atoms with Crippen LogP contribution < -0.4 is 0 Å². The molecule has 0 atom stereocenters. The molecule has 2 rings (SSSR count). The monoisotopic (exact) mass is 305 g/mol. The van der Waals surface area contributed by atoms with Gasteiger partial charge >= 0.3 is 6.09 Å². The highest BCUT2D eigenvalue weighted by Crippen LogP contribution is 2.30. The molecule has 0 spiro atoms. The van der Waals surface area contributed by atoms with E-state index in [1.54, 1.807) is 0 Å². The number of carbonyl (C=O) groups excluding carboxylic acids is 1. The van der Waals surface area contributed by atoms with E-state index in [-0.39, 0.29) is 11.5 Å². The fourth-order valence-corrected chi connectivity index (χ4v) is 2.69. The summed E-state index contributed by atoms with van der Waals surface area (Å²) in [4.78, 5) is 14.2. The van der Waals surface area contributed by atoms with Crippen LogP contribution in [0.1, 0.15) is 59.6 Å². The summed E-state index contributed by atoms with van der Waals surface area (Å²) in [5.41, 5.74) is 2.17. The maximum atomic E-state index is 12.4. The normalized spacial score (nSPS) is 16.8. The van der Waals surface area contributed by atoms with Gasteiger partial charge in [-0.25, -0.2) is 4.79 Å². The minimum atomic E-state index is -0.451. The molecule has 0 aromatic heterocycles. The maximum absolute atomic E-state index is 12.4. The Labute approximate surface area is 135 Å². The number of benzene rings is 1. The van der Waals surface area contributed by atoms with E-state index in [0.717, 1.165) is 13.0 Å². The SMILES string of the molecule is CC.CC1(C)Cc2ccccc2CN(C(=O)OC(C)(C)C)C1. The lowest BCUT2D eigenvalue weighted by Crippen LogP contribution is -2.40. The lowest BCUT2D eigenvalue weighted by molar-refractivity contribution is 0.0171. The fraction of sp³-hybridized carbons (Fsp3) is 0.632. The van der Waals surface area contributed by atoms with Crippen LogP contribution in [0.15, 0.2) is 24.3 Å². The van der Waals surface area contributed by atoms with E-state index in [1.165, 1.54) is 11.1 Å². The minimum absolute atomic E-state index is 0.0590. The van der Waals surface area contributed by atoms with Crippen LogP contribution in [0.5, 0.6) is 0 Å². The number of carbonyl (C=O) groups is 1. The van der Waals surface area contributed by atoms with Crippen molar-refractivity contribution in [3.63, 3.8) is 0 Å². The standard InChI is InChI=1S/C17H25NO2.C2H6/c1-16(2,3)20-15(19)18-11-14-9-7-6-8-13(14)10-17(4,5)12-18;1-2/h6-9H,10-12H2,1-5H3;1-2H3. The van der Waals surface area contributed by atoms with Gasteiger partial charge in [0.2, 0.25) is 0 Å². The summed E-state index contributed by atoms with van der Waals surface area (Å²) >= 11 is 0. The average molecular weight is 305 g/mol. The first-order valence-corrected chi connectivity index (χ1v) is 8.21. The zero-order chi connectivity index (χ0) is 17.0. The van der Waals surface area contributed by atoms with Crippen LogP contribution in [0.2, 0.25) is 0 Å². The van der Waals surface area contributed by atoms with Crippen molar-refractivity contribution in [3.05, 3.63) is 35.4 Å². The van der Waals surface area contributed by atoms with Gasteiger partial charge in [0.05, 0.1) is 0 Å². The van der Waals surface area contributed by atoms with Crippen molar-refractivity contribution in [1.29, 1.82) is 0 Å². The first kappa shape index (κ1) is 18.5. The number of ether oxygens (including phenoxy) is 1. The largest absolute Gasteiger partial charge is 0.444 e. The zero-order valence-electron chi connectivity index (χ0n) is 15.2. The Morgan fingerprint density at radius 1 is 1.14 bits per heavy atom. The first-order valence-electron chi connectivity index (χ1n) is 8.21. The Bertz CT molecular complexity index is 500. The number of nitrogens with zero attached hydrogens (tertiary/aromatic N) is 1. The van der Waals surface area contributed by atoms with Crippen molar-refractivity contribution in [2.24, 2.45) is 5.41 Å². The van der Waals surface area contributed by atoms with Crippen molar-refractivity contribution < 1.29 is 9.53 Å². The Morgan fingerprint density at radius 3 is 2.23 bits per heavy atom. The lowest BCUT2D eigenvalue weighted by atomic mass is 9.85. The molecule has 1 aliphatic rings. The molecule has 22 heavy (non-hydrogen) atoms. The fourth-order valence-electron chi connectivity index (χ4n) is 2.69. The molecule has 0 bridgehead atoms. The summed E-state index contributed by atoms with van der Waals surface area (Å²) < 4.78 is 5.53. The van der Waals surface area contributed by atoms with Gasteiger partial charge in [-0.1, -0.05) is 52.0 Å². The highest BCUT2D eigenvalue weighted by Gasteiger charge is 2.32. The van der Waals surface area contributed by atoms with E-state index in [9.17, 15) is 4.79 Å². The smallest absolute Gasteiger partial charge is 0.410 e. The summed E-state index contributed by atoms with van der Waals surface area (Å²) in [6, 6.07) is 8.37. The molecule has 0 radical (unpaired) electrons. The molecule has 3 heteroatoms. The molecule has 1 aliphatic heterocycles. The Hall–Kier alpha value is -1.51. The zero-order valence-corrected chi connectivity index (χ0v) is 15.2. The van der Waals surface area contributed by atoms with Gasteiger partial charge in [-0.2, -0.15) is 0 Å². The maximum Gasteiger partial charge on any atom is 0.410 e. The van der Waals surface area contributed by atoms with E-state index in [1.807, 2.05) is 45.6 Å². The molecule has 3 nitrogen and oxygen atoms in total. The van der Waals surface area contributed by atoms with Gasteiger partial charge in [0.15, 0.2) is 0 Å². The molecule has 1 aromatic rings. The van der Waals surface area contributed by atoms with Crippen molar-refractivity contribution in [2.75, 3.05) is 6.54 Å². The lowest BCUT2D eigenvalue weighted by Gasteiger charge is -2.31. The quantitative estimate of drug-likeness (QED) is 0.672. The molecule has 0 saturated carbocycles. The van der Waals surface area contributed by atoms with Gasteiger partial charge in [0.1, 0.15) is 5.60 Å². The van der Waals surface area contributed by atoms with Crippen molar-refractivity contribution in [1.82, 2.24) is 4.90 Å². The number of amides is 1. The molecule has 1 aromatic carbocycles. The van der Waals surface area contributed by atoms with Gasteiger partial charge in [0, 0.05) is 13.1 Å². The van der Waals surface area contributed by atoms with Gasteiger partial charge in [-0.3, -0.25) is 0 Å².